The first-order valence-electron chi connectivity index (χ1n) is 5.01. The molecule has 1 aromatic heterocycles. The monoisotopic (exact) mass is 181 g/mol. The highest BCUT2D eigenvalue weighted by atomic mass is 15.1. The van der Waals surface area contributed by atoms with Gasteiger partial charge in [0, 0.05) is 24.9 Å². The molecule has 0 saturated carbocycles. The Labute approximate surface area is 80.0 Å². The molecule has 0 aliphatic heterocycles. The van der Waals surface area contributed by atoms with Crippen LogP contribution in [0.2, 0.25) is 0 Å². The molecule has 1 atom stereocenters. The molecule has 0 fully saturated rings. The molecule has 1 heterocycles. The van der Waals surface area contributed by atoms with Crippen molar-refractivity contribution < 1.29 is 0 Å². The Balaban J connectivity index is 2.68. The summed E-state index contributed by atoms with van der Waals surface area (Å²) in [5.74, 6) is 1.11. The van der Waals surface area contributed by atoms with Gasteiger partial charge in [-0.05, 0) is 19.9 Å². The van der Waals surface area contributed by atoms with E-state index in [0.717, 1.165) is 12.2 Å². The summed E-state index contributed by atoms with van der Waals surface area (Å²) in [5, 5.41) is 0. The van der Waals surface area contributed by atoms with E-state index in [1.807, 2.05) is 12.4 Å². The van der Waals surface area contributed by atoms with Gasteiger partial charge in [-0.3, -0.25) is 0 Å². The van der Waals surface area contributed by atoms with Crippen LogP contribution in [-0.2, 0) is 6.42 Å². The second-order valence-electron chi connectivity index (χ2n) is 3.43. The van der Waals surface area contributed by atoms with Gasteiger partial charge in [-0.15, -0.1) is 0 Å². The Morgan fingerprint density at radius 3 is 3.00 bits per heavy atom. The van der Waals surface area contributed by atoms with Gasteiger partial charge in [-0.2, -0.15) is 0 Å². The first-order valence-corrected chi connectivity index (χ1v) is 5.01. The van der Waals surface area contributed by atoms with Crippen LogP contribution >= 0.6 is 0 Å². The largest absolute Gasteiger partial charge is 0.332 e. The lowest BCUT2D eigenvalue weighted by molar-refractivity contribution is 0.482. The maximum absolute atomic E-state index is 5.51. The average Bonchev–Trinajstić information content (AvgIpc) is 2.54. The molecule has 3 heteroatoms. The van der Waals surface area contributed by atoms with E-state index in [1.54, 1.807) is 0 Å². The van der Waals surface area contributed by atoms with Crippen molar-refractivity contribution in [1.82, 2.24) is 9.55 Å². The quantitative estimate of drug-likeness (QED) is 0.752. The van der Waals surface area contributed by atoms with Crippen LogP contribution < -0.4 is 5.73 Å². The minimum absolute atomic E-state index is 0.550. The van der Waals surface area contributed by atoms with Crippen molar-refractivity contribution in [2.45, 2.75) is 39.2 Å². The third-order valence-electron chi connectivity index (χ3n) is 2.30. The normalized spacial score (nSPS) is 13.2. The summed E-state index contributed by atoms with van der Waals surface area (Å²) in [5.41, 5.74) is 5.51. The molecule has 3 nitrogen and oxygen atoms in total. The number of imidazole rings is 1. The van der Waals surface area contributed by atoms with Crippen molar-refractivity contribution in [3.8, 4) is 0 Å². The highest BCUT2D eigenvalue weighted by molar-refractivity contribution is 4.95. The molecule has 0 aliphatic carbocycles. The standard InChI is InChI=1S/C10H19N3/c1-3-4-9(2)13-8-7-12-10(13)5-6-11/h7-9H,3-6,11H2,1-2H3. The van der Waals surface area contributed by atoms with Gasteiger partial charge in [-0.1, -0.05) is 13.3 Å². The zero-order valence-corrected chi connectivity index (χ0v) is 8.53. The van der Waals surface area contributed by atoms with E-state index in [2.05, 4.69) is 23.4 Å². The first-order chi connectivity index (χ1) is 6.29. The molecule has 74 valence electrons. The number of rotatable bonds is 5. The van der Waals surface area contributed by atoms with Gasteiger partial charge < -0.3 is 10.3 Å². The fraction of sp³-hybridized carbons (Fsp3) is 0.700. The van der Waals surface area contributed by atoms with Crippen LogP contribution in [0.25, 0.3) is 0 Å². The summed E-state index contributed by atoms with van der Waals surface area (Å²) in [6.07, 6.45) is 7.19. The molecular formula is C10H19N3. The molecule has 0 saturated heterocycles. The SMILES string of the molecule is CCCC(C)n1ccnc1CCN. The number of aromatic nitrogens is 2. The predicted molar refractivity (Wildman–Crippen MR) is 54.6 cm³/mol. The van der Waals surface area contributed by atoms with E-state index in [4.69, 9.17) is 5.73 Å². The fourth-order valence-corrected chi connectivity index (χ4v) is 1.62. The molecule has 0 aliphatic rings. The topological polar surface area (TPSA) is 43.8 Å². The van der Waals surface area contributed by atoms with E-state index in [0.29, 0.717) is 12.6 Å². The molecule has 13 heavy (non-hydrogen) atoms. The van der Waals surface area contributed by atoms with Crippen molar-refractivity contribution in [1.29, 1.82) is 0 Å². The van der Waals surface area contributed by atoms with Gasteiger partial charge in [0.1, 0.15) is 5.82 Å². The van der Waals surface area contributed by atoms with E-state index in [1.165, 1.54) is 12.8 Å². The van der Waals surface area contributed by atoms with Crippen LogP contribution in [0.4, 0.5) is 0 Å². The van der Waals surface area contributed by atoms with Gasteiger partial charge in [0.15, 0.2) is 0 Å². The molecule has 1 aromatic rings. The average molecular weight is 181 g/mol. The van der Waals surface area contributed by atoms with E-state index in [-0.39, 0.29) is 0 Å². The molecule has 0 spiro atoms. The molecule has 2 N–H and O–H groups in total. The third kappa shape index (κ3) is 2.56. The van der Waals surface area contributed by atoms with E-state index >= 15 is 0 Å². The van der Waals surface area contributed by atoms with Crippen LogP contribution in [0.15, 0.2) is 12.4 Å². The van der Waals surface area contributed by atoms with Crippen LogP contribution in [0.1, 0.15) is 38.6 Å². The first kappa shape index (κ1) is 10.3. The summed E-state index contributed by atoms with van der Waals surface area (Å²) in [7, 11) is 0. The Morgan fingerprint density at radius 2 is 2.38 bits per heavy atom. The van der Waals surface area contributed by atoms with Crippen LogP contribution in [0, 0.1) is 0 Å². The van der Waals surface area contributed by atoms with Crippen LogP contribution in [0.3, 0.4) is 0 Å². The molecule has 0 bridgehead atoms. The molecular weight excluding hydrogens is 162 g/mol. The van der Waals surface area contributed by atoms with Crippen molar-refractivity contribution in [2.24, 2.45) is 5.73 Å². The number of hydrogen-bond donors (Lipinski definition) is 1. The molecule has 1 rings (SSSR count). The van der Waals surface area contributed by atoms with E-state index < -0.39 is 0 Å². The molecule has 0 aromatic carbocycles. The lowest BCUT2D eigenvalue weighted by Gasteiger charge is -2.14. The highest BCUT2D eigenvalue weighted by Gasteiger charge is 2.07. The summed E-state index contributed by atoms with van der Waals surface area (Å²) < 4.78 is 2.23. The second-order valence-corrected chi connectivity index (χ2v) is 3.43. The number of nitrogens with zero attached hydrogens (tertiary/aromatic N) is 2. The molecule has 0 amide bonds. The fourth-order valence-electron chi connectivity index (χ4n) is 1.62. The summed E-state index contributed by atoms with van der Waals surface area (Å²) in [4.78, 5) is 4.29. The van der Waals surface area contributed by atoms with Gasteiger partial charge in [0.05, 0.1) is 0 Å². The van der Waals surface area contributed by atoms with Gasteiger partial charge in [0.25, 0.3) is 0 Å². The van der Waals surface area contributed by atoms with Crippen molar-refractivity contribution >= 4 is 0 Å². The minimum Gasteiger partial charge on any atom is -0.332 e. The minimum atomic E-state index is 0.550. The Kier molecular flexibility index (Phi) is 3.96. The lowest BCUT2D eigenvalue weighted by atomic mass is 10.2. The summed E-state index contributed by atoms with van der Waals surface area (Å²) >= 11 is 0. The Hall–Kier alpha value is -0.830. The summed E-state index contributed by atoms with van der Waals surface area (Å²) in [6, 6.07) is 0.550. The maximum Gasteiger partial charge on any atom is 0.110 e. The summed E-state index contributed by atoms with van der Waals surface area (Å²) in [6.45, 7) is 5.11. The van der Waals surface area contributed by atoms with Gasteiger partial charge >= 0.3 is 0 Å². The molecule has 0 radical (unpaired) electrons. The van der Waals surface area contributed by atoms with Crippen molar-refractivity contribution in [2.75, 3.05) is 6.54 Å². The zero-order chi connectivity index (χ0) is 9.68. The van der Waals surface area contributed by atoms with Gasteiger partial charge in [0.2, 0.25) is 0 Å². The van der Waals surface area contributed by atoms with Crippen LogP contribution in [-0.4, -0.2) is 16.1 Å². The molecule has 1 unspecified atom stereocenters. The number of hydrogen-bond acceptors (Lipinski definition) is 2. The van der Waals surface area contributed by atoms with Crippen molar-refractivity contribution in [3.63, 3.8) is 0 Å². The zero-order valence-electron chi connectivity index (χ0n) is 8.53. The third-order valence-corrected chi connectivity index (χ3v) is 2.30. The van der Waals surface area contributed by atoms with Crippen molar-refractivity contribution in [3.05, 3.63) is 18.2 Å². The Bertz CT molecular complexity index is 242. The van der Waals surface area contributed by atoms with Crippen LogP contribution in [0.5, 0.6) is 0 Å². The second kappa shape index (κ2) is 5.02. The smallest absolute Gasteiger partial charge is 0.110 e. The predicted octanol–water partition coefficient (Wildman–Crippen LogP) is 1.75. The van der Waals surface area contributed by atoms with Gasteiger partial charge in [-0.25, -0.2) is 4.98 Å². The maximum atomic E-state index is 5.51. The number of nitrogens with two attached hydrogens (primary N) is 1. The highest BCUT2D eigenvalue weighted by Crippen LogP contribution is 2.14. The van der Waals surface area contributed by atoms with E-state index in [9.17, 15) is 0 Å². The lowest BCUT2D eigenvalue weighted by Crippen LogP contribution is -2.12. The Morgan fingerprint density at radius 1 is 1.62 bits per heavy atom.